The van der Waals surface area contributed by atoms with Crippen LogP contribution in [0.4, 0.5) is 4.39 Å². The molecule has 41 heavy (non-hydrogen) atoms. The molecular weight excluding hydrogens is 543 g/mol. The van der Waals surface area contributed by atoms with Gasteiger partial charge in [-0.2, -0.15) is 0 Å². The highest BCUT2D eigenvalue weighted by atomic mass is 19.1. The van der Waals surface area contributed by atoms with Crippen LogP contribution in [0.2, 0.25) is 0 Å². The fourth-order valence-electron chi connectivity index (χ4n) is 3.03. The fourth-order valence-corrected chi connectivity index (χ4v) is 3.03. The van der Waals surface area contributed by atoms with Gasteiger partial charge in [-0.1, -0.05) is 12.1 Å². The van der Waals surface area contributed by atoms with Gasteiger partial charge in [-0.25, -0.2) is 9.37 Å². The lowest BCUT2D eigenvalue weighted by Gasteiger charge is -2.27. The largest absolute Gasteiger partial charge is 0.418 e. The minimum absolute atomic E-state index is 0.0298. The predicted molar refractivity (Wildman–Crippen MR) is 140 cm³/mol. The number of halogens is 1. The Kier molecular flexibility index (Phi) is 6.03. The van der Waals surface area contributed by atoms with E-state index in [2.05, 4.69) is 20.5 Å². The number of methoxy groups -OCH3 is 1. The zero-order chi connectivity index (χ0) is 40.2. The molecule has 220 valence electrons. The molecule has 0 spiro atoms. The standard InChI is InChI=1S/C26H31FN6O8/c1-15-31-32-23(40-15)22(36)30-26(2,3)25-29-19(21(35)28-14-16-6-8-17(27)9-7-16)20(24(37)33(25)4)41-18(34)10-11-39-13-12-38-5/h6-9H,10-14H2,1-5H3,(H,28,35)(H,30,36)/i1D3,2D3,3D3,4D3. The molecule has 0 atom stereocenters. The number of aromatic nitrogens is 4. The Morgan fingerprint density at radius 3 is 2.56 bits per heavy atom. The normalized spacial score (nSPS) is 16.8. The first-order chi connectivity index (χ1) is 24.3. The molecule has 15 heteroatoms. The minimum atomic E-state index is -4.09. The van der Waals surface area contributed by atoms with E-state index in [0.29, 0.717) is 0 Å². The van der Waals surface area contributed by atoms with Crippen molar-refractivity contribution in [3.8, 4) is 5.75 Å². The van der Waals surface area contributed by atoms with Gasteiger partial charge in [-0.3, -0.25) is 23.7 Å². The highest BCUT2D eigenvalue weighted by molar-refractivity contribution is 5.95. The number of nitrogens with one attached hydrogen (secondary N) is 2. The number of esters is 1. The topological polar surface area (TPSA) is 177 Å². The molecule has 0 aliphatic rings. The molecule has 2 heterocycles. The van der Waals surface area contributed by atoms with Crippen LogP contribution in [0.5, 0.6) is 5.75 Å². The van der Waals surface area contributed by atoms with Crippen molar-refractivity contribution in [3.63, 3.8) is 0 Å². The number of hydrogen-bond acceptors (Lipinski definition) is 11. The van der Waals surface area contributed by atoms with Gasteiger partial charge in [0.1, 0.15) is 11.6 Å². The molecule has 0 aliphatic carbocycles. The van der Waals surface area contributed by atoms with E-state index < -0.39 is 109 Å². The number of carbonyl (C=O) groups is 3. The Bertz CT molecular complexity index is 1840. The van der Waals surface area contributed by atoms with Crippen molar-refractivity contribution in [2.24, 2.45) is 6.98 Å². The first-order valence-corrected chi connectivity index (χ1v) is 11.5. The van der Waals surface area contributed by atoms with Crippen molar-refractivity contribution in [3.05, 3.63) is 69.3 Å². The number of carbonyl (C=O) groups excluding carboxylic acids is 3. The average Bonchev–Trinajstić information content (AvgIpc) is 3.54. The van der Waals surface area contributed by atoms with Gasteiger partial charge in [0.05, 0.1) is 31.8 Å². The van der Waals surface area contributed by atoms with Crippen LogP contribution in [0.1, 0.15) is 75.0 Å². The molecule has 3 rings (SSSR count). The Morgan fingerprint density at radius 2 is 1.90 bits per heavy atom. The summed E-state index contributed by atoms with van der Waals surface area (Å²) in [5, 5.41) is 10.1. The quantitative estimate of drug-likeness (QED) is 0.217. The summed E-state index contributed by atoms with van der Waals surface area (Å²) in [6.07, 6.45) is -0.595. The van der Waals surface area contributed by atoms with Crippen LogP contribution in [-0.2, 0) is 33.3 Å². The molecular formula is C26H31FN6O8. The van der Waals surface area contributed by atoms with Crippen molar-refractivity contribution in [2.75, 3.05) is 26.9 Å². The first-order valence-electron chi connectivity index (χ1n) is 17.5. The van der Waals surface area contributed by atoms with Crippen LogP contribution in [-0.4, -0.2) is 64.5 Å². The van der Waals surface area contributed by atoms with Crippen LogP contribution in [0.15, 0.2) is 33.5 Å². The zero-order valence-electron chi connectivity index (χ0n) is 33.3. The number of rotatable bonds is 13. The van der Waals surface area contributed by atoms with Gasteiger partial charge < -0.3 is 29.3 Å². The van der Waals surface area contributed by atoms with E-state index in [4.69, 9.17) is 35.1 Å². The molecule has 1 aromatic carbocycles. The Morgan fingerprint density at radius 1 is 1.12 bits per heavy atom. The van der Waals surface area contributed by atoms with Gasteiger partial charge in [-0.15, -0.1) is 10.2 Å². The molecule has 0 unspecified atom stereocenters. The summed E-state index contributed by atoms with van der Waals surface area (Å²) in [7, 11) is 1.38. The first kappa shape index (κ1) is 18.0. The third-order valence-corrected chi connectivity index (χ3v) is 4.98. The number of hydrogen-bond donors (Lipinski definition) is 2. The molecule has 2 aromatic heterocycles. The van der Waals surface area contributed by atoms with Gasteiger partial charge in [0.2, 0.25) is 11.6 Å². The predicted octanol–water partition coefficient (Wildman–Crippen LogP) is 1.16. The Labute approximate surface area is 251 Å². The van der Waals surface area contributed by atoms with E-state index in [1.54, 1.807) is 5.32 Å². The second-order valence-corrected chi connectivity index (χ2v) is 8.01. The number of aryl methyl sites for hydroxylation is 1. The van der Waals surface area contributed by atoms with Gasteiger partial charge >= 0.3 is 17.8 Å². The summed E-state index contributed by atoms with van der Waals surface area (Å²) in [4.78, 5) is 57.5. The summed E-state index contributed by atoms with van der Waals surface area (Å²) in [6.45, 7) is -15.7. The van der Waals surface area contributed by atoms with Crippen molar-refractivity contribution < 1.29 is 53.9 Å². The molecule has 0 bridgehead atoms. The third kappa shape index (κ3) is 8.25. The van der Waals surface area contributed by atoms with Gasteiger partial charge in [-0.05, 0) is 31.4 Å². The molecule has 0 fully saturated rings. The van der Waals surface area contributed by atoms with Crippen molar-refractivity contribution in [1.82, 2.24) is 30.4 Å². The molecule has 0 saturated heterocycles. The van der Waals surface area contributed by atoms with Crippen LogP contribution >= 0.6 is 0 Å². The molecule has 0 radical (unpaired) electrons. The minimum Gasteiger partial charge on any atom is -0.418 e. The van der Waals surface area contributed by atoms with E-state index in [0.717, 1.165) is 12.1 Å². The lowest BCUT2D eigenvalue weighted by molar-refractivity contribution is -0.135. The Balaban J connectivity index is 2.34. The zero-order valence-corrected chi connectivity index (χ0v) is 21.3. The van der Waals surface area contributed by atoms with Crippen molar-refractivity contribution in [1.29, 1.82) is 0 Å². The van der Waals surface area contributed by atoms with Gasteiger partial charge in [0, 0.05) is 43.9 Å². The molecule has 0 saturated carbocycles. The highest BCUT2D eigenvalue weighted by Crippen LogP contribution is 2.22. The molecule has 2 amide bonds. The number of ether oxygens (including phenoxy) is 3. The molecule has 14 nitrogen and oxygen atoms in total. The van der Waals surface area contributed by atoms with E-state index >= 15 is 0 Å². The summed E-state index contributed by atoms with van der Waals surface area (Å²) in [6, 6.07) is 4.55. The van der Waals surface area contributed by atoms with Crippen LogP contribution < -0.4 is 20.9 Å². The van der Waals surface area contributed by atoms with E-state index in [-0.39, 0.29) is 25.4 Å². The summed E-state index contributed by atoms with van der Waals surface area (Å²) < 4.78 is 129. The number of nitrogens with zero attached hydrogens (tertiary/aromatic N) is 4. The van der Waals surface area contributed by atoms with Crippen molar-refractivity contribution >= 4 is 17.8 Å². The number of benzene rings is 1. The molecule has 3 aromatic rings. The van der Waals surface area contributed by atoms with Crippen LogP contribution in [0.25, 0.3) is 0 Å². The second kappa shape index (κ2) is 13.7. The fraction of sp³-hybridized carbons (Fsp3) is 0.423. The Hall–Kier alpha value is -4.50. The van der Waals surface area contributed by atoms with Gasteiger partial charge in [0.25, 0.3) is 11.5 Å². The molecule has 0 aliphatic heterocycles. The molecule has 2 N–H and O–H groups in total. The average molecular weight is 587 g/mol. The maximum absolute atomic E-state index is 14.0. The lowest BCUT2D eigenvalue weighted by atomic mass is 10.0. The van der Waals surface area contributed by atoms with E-state index in [9.17, 15) is 23.6 Å². The van der Waals surface area contributed by atoms with E-state index in [1.807, 2.05) is 0 Å². The SMILES string of the molecule is [2H]C([2H])([2H])c1nnc(C(=O)NC(c2nc(C(=O)NCc3ccc(F)cc3)c(OC(=O)CCOCCOC)c(=O)n2C([2H])([2H])[2H])(C([2H])([2H])[2H])C([2H])([2H])[2H])o1. The second-order valence-electron chi connectivity index (χ2n) is 8.01. The summed E-state index contributed by atoms with van der Waals surface area (Å²) in [5.41, 5.74) is -7.06. The smallest absolute Gasteiger partial charge is 0.313 e. The van der Waals surface area contributed by atoms with Crippen LogP contribution in [0.3, 0.4) is 0 Å². The van der Waals surface area contributed by atoms with Crippen LogP contribution in [0, 0.1) is 12.7 Å². The van der Waals surface area contributed by atoms with E-state index in [1.165, 1.54) is 19.2 Å². The number of amides is 2. The maximum atomic E-state index is 14.0. The summed E-state index contributed by atoms with van der Waals surface area (Å²) in [5.74, 6) is -10.8. The van der Waals surface area contributed by atoms with Gasteiger partial charge in [0.15, 0.2) is 5.69 Å². The summed E-state index contributed by atoms with van der Waals surface area (Å²) >= 11 is 0. The third-order valence-electron chi connectivity index (χ3n) is 4.98. The van der Waals surface area contributed by atoms with Crippen molar-refractivity contribution in [2.45, 2.75) is 39.1 Å². The monoisotopic (exact) mass is 586 g/mol. The maximum Gasteiger partial charge on any atom is 0.313 e. The lowest BCUT2D eigenvalue weighted by Crippen LogP contribution is -2.46. The highest BCUT2D eigenvalue weighted by Gasteiger charge is 2.33.